The third-order valence-corrected chi connectivity index (χ3v) is 2.61. The average molecular weight is 166 g/mol. The molecule has 1 aromatic heterocycles. The highest BCUT2D eigenvalue weighted by Gasteiger charge is 2.26. The highest BCUT2D eigenvalue weighted by molar-refractivity contribution is 5.19. The van der Waals surface area contributed by atoms with Gasteiger partial charge < -0.3 is 10.7 Å². The number of aryl methyl sites for hydroxylation is 1. The summed E-state index contributed by atoms with van der Waals surface area (Å²) < 4.78 is 0. The molecule has 0 unspecified atom stereocenters. The van der Waals surface area contributed by atoms with Crippen LogP contribution in [0.4, 0.5) is 0 Å². The summed E-state index contributed by atoms with van der Waals surface area (Å²) in [6.07, 6.45) is 0. The molecule has 0 aliphatic rings. The molecule has 0 aliphatic heterocycles. The van der Waals surface area contributed by atoms with Crippen LogP contribution in [0.2, 0.25) is 0 Å². The third-order valence-electron chi connectivity index (χ3n) is 2.61. The van der Waals surface area contributed by atoms with Crippen LogP contribution in [0.15, 0.2) is 12.1 Å². The average Bonchev–Trinajstić information content (AvgIpc) is 2.35. The lowest BCUT2D eigenvalue weighted by Gasteiger charge is -2.28. The van der Waals surface area contributed by atoms with Crippen molar-refractivity contribution in [1.29, 1.82) is 0 Å². The standard InChI is InChI=1S/C10H18N2/c1-7(2)10(4,11)9-6-5-8(3)12-9/h5-7,12H,11H2,1-4H3/t10-/m0/s1. The van der Waals surface area contributed by atoms with Crippen molar-refractivity contribution < 1.29 is 0 Å². The number of rotatable bonds is 2. The molecule has 3 N–H and O–H groups in total. The molecular formula is C10H18N2. The number of nitrogens with one attached hydrogen (secondary N) is 1. The zero-order valence-electron chi connectivity index (χ0n) is 8.31. The molecule has 0 fully saturated rings. The first-order valence-electron chi connectivity index (χ1n) is 4.39. The number of aromatic amines is 1. The molecule has 0 aromatic carbocycles. The third kappa shape index (κ3) is 1.53. The zero-order valence-corrected chi connectivity index (χ0v) is 8.31. The summed E-state index contributed by atoms with van der Waals surface area (Å²) in [5.41, 5.74) is 8.21. The maximum absolute atomic E-state index is 6.16. The monoisotopic (exact) mass is 166 g/mol. The molecule has 0 aliphatic carbocycles. The number of nitrogens with two attached hydrogens (primary N) is 1. The van der Waals surface area contributed by atoms with Gasteiger partial charge in [-0.3, -0.25) is 0 Å². The van der Waals surface area contributed by atoms with E-state index in [0.717, 1.165) is 5.69 Å². The predicted molar refractivity (Wildman–Crippen MR) is 51.9 cm³/mol. The minimum atomic E-state index is -0.242. The van der Waals surface area contributed by atoms with E-state index in [1.807, 2.05) is 6.92 Å². The molecule has 2 nitrogen and oxygen atoms in total. The molecule has 1 heterocycles. The molecule has 2 heteroatoms. The van der Waals surface area contributed by atoms with E-state index in [1.54, 1.807) is 0 Å². The van der Waals surface area contributed by atoms with E-state index in [9.17, 15) is 0 Å². The van der Waals surface area contributed by atoms with Gasteiger partial charge in [0.15, 0.2) is 0 Å². The second-order valence-corrected chi connectivity index (χ2v) is 3.99. The molecule has 1 aromatic rings. The summed E-state index contributed by atoms with van der Waals surface area (Å²) in [5, 5.41) is 0. The van der Waals surface area contributed by atoms with Gasteiger partial charge in [-0.1, -0.05) is 13.8 Å². The van der Waals surface area contributed by atoms with Crippen molar-refractivity contribution in [2.24, 2.45) is 11.7 Å². The summed E-state index contributed by atoms with van der Waals surface area (Å²) in [4.78, 5) is 3.27. The normalized spacial score (nSPS) is 16.5. The van der Waals surface area contributed by atoms with Crippen LogP contribution < -0.4 is 5.73 Å². The Bertz CT molecular complexity index is 259. The first-order valence-corrected chi connectivity index (χ1v) is 4.39. The van der Waals surface area contributed by atoms with E-state index in [0.29, 0.717) is 5.92 Å². The quantitative estimate of drug-likeness (QED) is 0.694. The summed E-state index contributed by atoms with van der Waals surface area (Å²) in [7, 11) is 0. The van der Waals surface area contributed by atoms with Crippen molar-refractivity contribution >= 4 is 0 Å². The van der Waals surface area contributed by atoms with E-state index in [-0.39, 0.29) is 5.54 Å². The molecule has 0 bridgehead atoms. The van der Waals surface area contributed by atoms with Crippen LogP contribution >= 0.6 is 0 Å². The van der Waals surface area contributed by atoms with Gasteiger partial charge in [0.2, 0.25) is 0 Å². The van der Waals surface area contributed by atoms with Crippen molar-refractivity contribution in [3.05, 3.63) is 23.5 Å². The van der Waals surface area contributed by atoms with Crippen LogP contribution in [0.3, 0.4) is 0 Å². The van der Waals surface area contributed by atoms with Crippen molar-refractivity contribution in [2.45, 2.75) is 33.2 Å². The van der Waals surface area contributed by atoms with E-state index in [4.69, 9.17) is 5.73 Å². The van der Waals surface area contributed by atoms with Gasteiger partial charge in [-0.2, -0.15) is 0 Å². The molecular weight excluding hydrogens is 148 g/mol. The van der Waals surface area contributed by atoms with Gasteiger partial charge in [-0.25, -0.2) is 0 Å². The van der Waals surface area contributed by atoms with Crippen LogP contribution in [0, 0.1) is 12.8 Å². The molecule has 0 amide bonds. The summed E-state index contributed by atoms with van der Waals surface area (Å²) in [5.74, 6) is 0.440. The Morgan fingerprint density at radius 3 is 2.33 bits per heavy atom. The van der Waals surface area contributed by atoms with Crippen LogP contribution in [0.1, 0.15) is 32.2 Å². The maximum Gasteiger partial charge on any atom is 0.0556 e. The lowest BCUT2D eigenvalue weighted by atomic mass is 9.87. The van der Waals surface area contributed by atoms with Crippen molar-refractivity contribution in [3.8, 4) is 0 Å². The number of H-pyrrole nitrogens is 1. The number of hydrogen-bond donors (Lipinski definition) is 2. The van der Waals surface area contributed by atoms with Gasteiger partial charge in [0.1, 0.15) is 0 Å². The van der Waals surface area contributed by atoms with Gasteiger partial charge in [0.25, 0.3) is 0 Å². The summed E-state index contributed by atoms with van der Waals surface area (Å²) in [6, 6.07) is 4.12. The SMILES string of the molecule is Cc1ccc([C@@](C)(N)C(C)C)[nH]1. The second-order valence-electron chi connectivity index (χ2n) is 3.99. The molecule has 0 saturated heterocycles. The van der Waals surface area contributed by atoms with Gasteiger partial charge in [-0.15, -0.1) is 0 Å². The minimum Gasteiger partial charge on any atom is -0.361 e. The maximum atomic E-state index is 6.16. The Morgan fingerprint density at radius 1 is 1.42 bits per heavy atom. The second kappa shape index (κ2) is 2.94. The van der Waals surface area contributed by atoms with Crippen LogP contribution in [0.5, 0.6) is 0 Å². The van der Waals surface area contributed by atoms with Crippen molar-refractivity contribution in [3.63, 3.8) is 0 Å². The highest BCUT2D eigenvalue weighted by atomic mass is 14.8. The van der Waals surface area contributed by atoms with E-state index < -0.39 is 0 Å². The fourth-order valence-corrected chi connectivity index (χ4v) is 1.13. The highest BCUT2D eigenvalue weighted by Crippen LogP contribution is 2.24. The predicted octanol–water partition coefficient (Wildman–Crippen LogP) is 2.15. The molecule has 1 atom stereocenters. The smallest absolute Gasteiger partial charge is 0.0556 e. The molecule has 12 heavy (non-hydrogen) atoms. The number of aromatic nitrogens is 1. The van der Waals surface area contributed by atoms with Crippen LogP contribution in [-0.2, 0) is 5.54 Å². The van der Waals surface area contributed by atoms with Crippen LogP contribution in [0.25, 0.3) is 0 Å². The van der Waals surface area contributed by atoms with Gasteiger partial charge in [0.05, 0.1) is 5.54 Å². The van der Waals surface area contributed by atoms with Gasteiger partial charge in [-0.05, 0) is 31.9 Å². The lowest BCUT2D eigenvalue weighted by molar-refractivity contribution is 0.342. The van der Waals surface area contributed by atoms with Gasteiger partial charge in [0, 0.05) is 11.4 Å². The molecule has 68 valence electrons. The van der Waals surface area contributed by atoms with E-state index in [2.05, 4.69) is 37.9 Å². The van der Waals surface area contributed by atoms with Gasteiger partial charge >= 0.3 is 0 Å². The fourth-order valence-electron chi connectivity index (χ4n) is 1.13. The summed E-state index contributed by atoms with van der Waals surface area (Å²) >= 11 is 0. The van der Waals surface area contributed by atoms with Crippen LogP contribution in [-0.4, -0.2) is 4.98 Å². The first kappa shape index (κ1) is 9.33. The Hall–Kier alpha value is -0.760. The van der Waals surface area contributed by atoms with Crippen molar-refractivity contribution in [1.82, 2.24) is 4.98 Å². The molecule has 0 spiro atoms. The fraction of sp³-hybridized carbons (Fsp3) is 0.600. The van der Waals surface area contributed by atoms with E-state index >= 15 is 0 Å². The Labute approximate surface area is 74.2 Å². The largest absolute Gasteiger partial charge is 0.361 e. The zero-order chi connectivity index (χ0) is 9.35. The molecule has 0 radical (unpaired) electrons. The molecule has 1 rings (SSSR count). The first-order chi connectivity index (χ1) is 5.44. The van der Waals surface area contributed by atoms with Crippen molar-refractivity contribution in [2.75, 3.05) is 0 Å². The number of hydrogen-bond acceptors (Lipinski definition) is 1. The Morgan fingerprint density at radius 2 is 2.00 bits per heavy atom. The summed E-state index contributed by atoms with van der Waals surface area (Å²) in [6.45, 7) is 8.37. The lowest BCUT2D eigenvalue weighted by Crippen LogP contribution is -2.38. The molecule has 0 saturated carbocycles. The Balaban J connectivity index is 2.97. The van der Waals surface area contributed by atoms with E-state index in [1.165, 1.54) is 5.69 Å². The minimum absolute atomic E-state index is 0.242. The Kier molecular flexibility index (Phi) is 2.29. The topological polar surface area (TPSA) is 41.8 Å².